The molecule has 0 aliphatic carbocycles. The van der Waals surface area contributed by atoms with Gasteiger partial charge in [-0.05, 0) is 32.2 Å². The van der Waals surface area contributed by atoms with Crippen LogP contribution in [0, 0.1) is 0 Å². The molecule has 1 amide bonds. The zero-order valence-corrected chi connectivity index (χ0v) is 12.7. The molecule has 1 aliphatic rings. The summed E-state index contributed by atoms with van der Waals surface area (Å²) in [6, 6.07) is 7.30. The second-order valence-corrected chi connectivity index (χ2v) is 5.44. The molecule has 1 heterocycles. The molecule has 114 valence electrons. The second kappa shape index (κ2) is 5.91. The minimum absolute atomic E-state index is 0.237. The molecule has 1 saturated heterocycles. The van der Waals surface area contributed by atoms with Gasteiger partial charge in [-0.25, -0.2) is 4.79 Å². The van der Waals surface area contributed by atoms with Gasteiger partial charge in [0, 0.05) is 23.8 Å². The number of carboxylic acid groups (broad SMARTS) is 1. The van der Waals surface area contributed by atoms with Crippen molar-refractivity contribution >= 4 is 29.2 Å². The minimum atomic E-state index is -1.24. The summed E-state index contributed by atoms with van der Waals surface area (Å²) in [5.74, 6) is -0.237. The Morgan fingerprint density at radius 3 is 2.62 bits per heavy atom. The van der Waals surface area contributed by atoms with E-state index in [1.54, 1.807) is 19.2 Å². The fraction of sp³-hybridized carbons (Fsp3) is 0.429. The molecule has 2 N–H and O–H groups in total. The maximum Gasteiger partial charge on any atom is 0.409 e. The number of hydrogen-bond donors (Lipinski definition) is 2. The van der Waals surface area contributed by atoms with Gasteiger partial charge >= 0.3 is 6.09 Å². The third-order valence-corrected chi connectivity index (χ3v) is 4.11. The van der Waals surface area contributed by atoms with Gasteiger partial charge in [0.25, 0.3) is 0 Å². The topological polar surface area (TPSA) is 72.9 Å². The van der Waals surface area contributed by atoms with Gasteiger partial charge in [-0.15, -0.1) is 0 Å². The highest BCUT2D eigenvalue weighted by Gasteiger charge is 2.47. The van der Waals surface area contributed by atoms with Gasteiger partial charge in [-0.3, -0.25) is 15.0 Å². The van der Waals surface area contributed by atoms with Gasteiger partial charge in [0.1, 0.15) is 0 Å². The summed E-state index contributed by atoms with van der Waals surface area (Å²) in [6.45, 7) is 2.38. The number of piperazine rings is 1. The van der Waals surface area contributed by atoms with Crippen molar-refractivity contribution < 1.29 is 14.7 Å². The van der Waals surface area contributed by atoms with Crippen LogP contribution in [0.1, 0.15) is 6.92 Å². The molecular formula is C14H18ClN3O3. The average molecular weight is 312 g/mol. The molecule has 0 aromatic heterocycles. The number of rotatable bonds is 3. The van der Waals surface area contributed by atoms with Gasteiger partial charge in [-0.1, -0.05) is 17.7 Å². The lowest BCUT2D eigenvalue weighted by Gasteiger charge is -2.48. The van der Waals surface area contributed by atoms with Gasteiger partial charge in [0.2, 0.25) is 0 Å². The number of nitrogens with zero attached hydrogens (tertiary/aromatic N) is 2. The zero-order chi connectivity index (χ0) is 15.6. The quantitative estimate of drug-likeness (QED) is 0.888. The van der Waals surface area contributed by atoms with E-state index in [1.165, 1.54) is 6.92 Å². The summed E-state index contributed by atoms with van der Waals surface area (Å²) >= 11 is 6.00. The van der Waals surface area contributed by atoms with Crippen molar-refractivity contribution in [3.8, 4) is 0 Å². The highest BCUT2D eigenvalue weighted by molar-refractivity contribution is 6.30. The maximum absolute atomic E-state index is 12.1. The van der Waals surface area contributed by atoms with E-state index >= 15 is 0 Å². The highest BCUT2D eigenvalue weighted by Crippen LogP contribution is 2.27. The summed E-state index contributed by atoms with van der Waals surface area (Å²) in [7, 11) is 1.60. The second-order valence-electron chi connectivity index (χ2n) is 5.00. The first-order valence-electron chi connectivity index (χ1n) is 6.62. The van der Waals surface area contributed by atoms with E-state index in [2.05, 4.69) is 5.32 Å². The van der Waals surface area contributed by atoms with E-state index in [9.17, 15) is 14.7 Å². The number of carbonyl (C=O) groups is 2. The molecule has 1 fully saturated rings. The van der Waals surface area contributed by atoms with E-state index < -0.39 is 11.8 Å². The summed E-state index contributed by atoms with van der Waals surface area (Å²) in [4.78, 5) is 26.6. The first kappa shape index (κ1) is 15.6. The molecule has 1 aliphatic heterocycles. The van der Waals surface area contributed by atoms with Crippen molar-refractivity contribution in [2.75, 3.05) is 31.6 Å². The van der Waals surface area contributed by atoms with Crippen LogP contribution in [-0.4, -0.2) is 54.2 Å². The van der Waals surface area contributed by atoms with Crippen LogP contribution in [-0.2, 0) is 4.79 Å². The summed E-state index contributed by atoms with van der Waals surface area (Å²) in [5.41, 5.74) is -0.375. The van der Waals surface area contributed by atoms with Crippen molar-refractivity contribution in [1.82, 2.24) is 10.2 Å². The number of ketones is 1. The van der Waals surface area contributed by atoms with Crippen LogP contribution >= 0.6 is 11.6 Å². The van der Waals surface area contributed by atoms with Gasteiger partial charge in [0.15, 0.2) is 11.4 Å². The van der Waals surface area contributed by atoms with Crippen molar-refractivity contribution in [1.29, 1.82) is 0 Å². The summed E-state index contributed by atoms with van der Waals surface area (Å²) in [6.07, 6.45) is -1.11. The average Bonchev–Trinajstić information content (AvgIpc) is 2.46. The molecular weight excluding hydrogens is 294 g/mol. The predicted molar refractivity (Wildman–Crippen MR) is 80.9 cm³/mol. The number of benzene rings is 1. The Morgan fingerprint density at radius 2 is 2.10 bits per heavy atom. The molecule has 0 saturated carbocycles. The maximum atomic E-state index is 12.1. The molecule has 6 nitrogen and oxygen atoms in total. The molecule has 1 atom stereocenters. The number of nitrogens with one attached hydrogen (secondary N) is 1. The number of halogens is 1. The fourth-order valence-electron chi connectivity index (χ4n) is 2.70. The smallest absolute Gasteiger partial charge is 0.409 e. The van der Waals surface area contributed by atoms with Crippen LogP contribution in [0.25, 0.3) is 0 Å². The van der Waals surface area contributed by atoms with Gasteiger partial charge < -0.3 is 10.0 Å². The highest BCUT2D eigenvalue weighted by atomic mass is 35.5. The molecule has 21 heavy (non-hydrogen) atoms. The lowest BCUT2D eigenvalue weighted by atomic mass is 9.99. The summed E-state index contributed by atoms with van der Waals surface area (Å²) in [5, 5.41) is 12.8. The molecule has 1 unspecified atom stereocenters. The van der Waals surface area contributed by atoms with Crippen molar-refractivity contribution in [3.05, 3.63) is 29.3 Å². The number of amides is 1. The molecule has 1 aromatic rings. The van der Waals surface area contributed by atoms with Crippen LogP contribution in [0.15, 0.2) is 24.3 Å². The van der Waals surface area contributed by atoms with Crippen LogP contribution in [0.5, 0.6) is 0 Å². The van der Waals surface area contributed by atoms with Crippen molar-refractivity contribution in [2.24, 2.45) is 0 Å². The van der Waals surface area contributed by atoms with Gasteiger partial charge in [-0.2, -0.15) is 0 Å². The van der Waals surface area contributed by atoms with Gasteiger partial charge in [0.05, 0.1) is 6.54 Å². The zero-order valence-electron chi connectivity index (χ0n) is 12.0. The van der Waals surface area contributed by atoms with Crippen molar-refractivity contribution in [3.63, 3.8) is 0 Å². The molecule has 1 aromatic carbocycles. The first-order valence-corrected chi connectivity index (χ1v) is 6.99. The summed E-state index contributed by atoms with van der Waals surface area (Å²) < 4.78 is 0. The van der Waals surface area contributed by atoms with Crippen LogP contribution in [0.2, 0.25) is 5.02 Å². The number of Topliss-reactive ketones (excluding diaryl/α,β-unsaturated/α-hetero) is 1. The Bertz CT molecular complexity index is 566. The molecule has 0 bridgehead atoms. The number of likely N-dealkylation sites (N-methyl/N-ethyl adjacent to an activating group) is 1. The minimum Gasteiger partial charge on any atom is -0.465 e. The Kier molecular flexibility index (Phi) is 4.39. The van der Waals surface area contributed by atoms with E-state index in [0.717, 1.165) is 10.6 Å². The molecule has 0 radical (unpaired) electrons. The number of hydrogen-bond acceptors (Lipinski definition) is 4. The monoisotopic (exact) mass is 311 g/mol. The van der Waals surface area contributed by atoms with Crippen LogP contribution in [0.4, 0.5) is 10.5 Å². The Labute approximate surface area is 128 Å². The number of anilines is 1. The normalized spacial score (nSPS) is 22.2. The lowest BCUT2D eigenvalue weighted by Crippen LogP contribution is -2.73. The largest absolute Gasteiger partial charge is 0.465 e. The Balaban J connectivity index is 2.35. The van der Waals surface area contributed by atoms with E-state index in [1.807, 2.05) is 17.0 Å². The predicted octanol–water partition coefficient (Wildman–Crippen LogP) is 1.64. The first-order chi connectivity index (χ1) is 9.90. The van der Waals surface area contributed by atoms with E-state index in [4.69, 9.17) is 11.6 Å². The Morgan fingerprint density at radius 1 is 1.38 bits per heavy atom. The van der Waals surface area contributed by atoms with Crippen LogP contribution < -0.4 is 10.2 Å². The lowest BCUT2D eigenvalue weighted by molar-refractivity contribution is -0.130. The number of carbonyl (C=O) groups excluding carboxylic acids is 1. The van der Waals surface area contributed by atoms with Crippen LogP contribution in [0.3, 0.4) is 0 Å². The van der Waals surface area contributed by atoms with Crippen molar-refractivity contribution in [2.45, 2.75) is 12.6 Å². The standard InChI is InChI=1S/C14H18ClN3O3/c1-10(19)14(16-2)9-17(6-7-18(14)13(20)21)12-5-3-4-11(15)8-12/h3-5,8,16H,6-7,9H2,1-2H3,(H,20,21). The molecule has 0 spiro atoms. The Hall–Kier alpha value is -1.79. The SMILES string of the molecule is CNC1(C(C)=O)CN(c2cccc(Cl)c2)CCN1C(=O)O. The third-order valence-electron chi connectivity index (χ3n) is 3.87. The van der Waals surface area contributed by atoms with E-state index in [0.29, 0.717) is 11.6 Å². The third kappa shape index (κ3) is 2.82. The fourth-order valence-corrected chi connectivity index (χ4v) is 2.88. The molecule has 7 heteroatoms. The molecule has 2 rings (SSSR count). The van der Waals surface area contributed by atoms with E-state index in [-0.39, 0.29) is 18.9 Å².